The molecular formula is C13H19N3O4. The van der Waals surface area contributed by atoms with E-state index in [0.29, 0.717) is 5.69 Å². The zero-order chi connectivity index (χ0) is 14.5. The molecule has 1 aromatic carbocycles. The van der Waals surface area contributed by atoms with Gasteiger partial charge in [0, 0.05) is 25.7 Å². The van der Waals surface area contributed by atoms with Gasteiger partial charge in [-0.25, -0.2) is 0 Å². The number of rotatable bonds is 6. The summed E-state index contributed by atoms with van der Waals surface area (Å²) in [6.45, 7) is 1.02. The van der Waals surface area contributed by atoms with Gasteiger partial charge in [-0.3, -0.25) is 10.1 Å². The van der Waals surface area contributed by atoms with Gasteiger partial charge < -0.3 is 20.4 Å². The lowest BCUT2D eigenvalue weighted by atomic mass is 10.0. The molecule has 110 valence electrons. The Morgan fingerprint density at radius 2 is 2.00 bits per heavy atom. The molecule has 0 spiro atoms. The maximum absolute atomic E-state index is 11.2. The molecule has 2 rings (SSSR count). The molecule has 1 aliphatic heterocycles. The zero-order valence-corrected chi connectivity index (χ0v) is 11.2. The normalized spacial score (nSPS) is 13.5. The summed E-state index contributed by atoms with van der Waals surface area (Å²) in [4.78, 5) is 12.5. The largest absolute Gasteiger partial charge is 0.395 e. The van der Waals surface area contributed by atoms with E-state index in [2.05, 4.69) is 5.32 Å². The maximum Gasteiger partial charge on any atom is 0.294 e. The fourth-order valence-electron chi connectivity index (χ4n) is 2.56. The van der Waals surface area contributed by atoms with Crippen LogP contribution in [0.25, 0.3) is 0 Å². The average molecular weight is 281 g/mol. The summed E-state index contributed by atoms with van der Waals surface area (Å²) in [6, 6.07) is 3.28. The molecule has 0 saturated heterocycles. The Morgan fingerprint density at radius 1 is 1.30 bits per heavy atom. The van der Waals surface area contributed by atoms with E-state index < -0.39 is 4.92 Å². The van der Waals surface area contributed by atoms with Crippen molar-refractivity contribution in [3.63, 3.8) is 0 Å². The molecule has 0 saturated carbocycles. The Hall–Kier alpha value is -1.86. The Bertz CT molecular complexity index is 487. The van der Waals surface area contributed by atoms with Crippen LogP contribution in [0.3, 0.4) is 0 Å². The minimum atomic E-state index is -0.423. The Balaban J connectivity index is 2.52. The van der Waals surface area contributed by atoms with Crippen molar-refractivity contribution < 1.29 is 15.1 Å². The molecular weight excluding hydrogens is 262 g/mol. The van der Waals surface area contributed by atoms with Crippen LogP contribution in [0, 0.1) is 10.1 Å². The fraction of sp³-hybridized carbons (Fsp3) is 0.538. The highest BCUT2D eigenvalue weighted by molar-refractivity contribution is 5.83. The van der Waals surface area contributed by atoms with E-state index in [0.717, 1.165) is 30.6 Å². The number of benzene rings is 1. The first-order valence-electron chi connectivity index (χ1n) is 6.70. The van der Waals surface area contributed by atoms with E-state index in [4.69, 9.17) is 10.2 Å². The van der Waals surface area contributed by atoms with Crippen molar-refractivity contribution in [3.05, 3.63) is 27.8 Å². The minimum Gasteiger partial charge on any atom is -0.395 e. The number of hydrogen-bond acceptors (Lipinski definition) is 6. The predicted octanol–water partition coefficient (Wildman–Crippen LogP) is 0.744. The summed E-state index contributed by atoms with van der Waals surface area (Å²) in [7, 11) is 0. The summed E-state index contributed by atoms with van der Waals surface area (Å²) in [6.07, 6.45) is 1.86. The van der Waals surface area contributed by atoms with Gasteiger partial charge in [0.15, 0.2) is 0 Å². The number of aryl methyl sites for hydroxylation is 1. The van der Waals surface area contributed by atoms with Crippen LogP contribution in [0.2, 0.25) is 0 Å². The molecule has 20 heavy (non-hydrogen) atoms. The van der Waals surface area contributed by atoms with Crippen LogP contribution in [0.15, 0.2) is 12.1 Å². The van der Waals surface area contributed by atoms with E-state index in [1.54, 1.807) is 11.0 Å². The van der Waals surface area contributed by atoms with Gasteiger partial charge in [-0.15, -0.1) is 0 Å². The molecule has 7 nitrogen and oxygen atoms in total. The Kier molecular flexibility index (Phi) is 4.75. The van der Waals surface area contributed by atoms with Crippen LogP contribution in [0.5, 0.6) is 0 Å². The predicted molar refractivity (Wildman–Crippen MR) is 76.3 cm³/mol. The lowest BCUT2D eigenvalue weighted by Gasteiger charge is -2.29. The summed E-state index contributed by atoms with van der Waals surface area (Å²) in [5, 5.41) is 32.8. The molecule has 0 unspecified atom stereocenters. The van der Waals surface area contributed by atoms with Gasteiger partial charge in [-0.05, 0) is 24.5 Å². The third kappa shape index (κ3) is 2.83. The molecule has 1 aliphatic rings. The van der Waals surface area contributed by atoms with Crippen LogP contribution in [-0.2, 0) is 6.42 Å². The summed E-state index contributed by atoms with van der Waals surface area (Å²) in [5.74, 6) is 0. The molecule has 0 radical (unpaired) electrons. The molecule has 3 N–H and O–H groups in total. The third-order valence-electron chi connectivity index (χ3n) is 3.42. The standard InChI is InChI=1S/C13H19N3O4/c17-8-6-15(7-9-18)13-11(16(19)20)4-3-10-2-1-5-14-12(10)13/h3-4,14,17-18H,1-2,5-9H2. The number of nitro benzene ring substituents is 1. The van der Waals surface area contributed by atoms with Crippen molar-refractivity contribution in [3.8, 4) is 0 Å². The van der Waals surface area contributed by atoms with Gasteiger partial charge in [-0.1, -0.05) is 0 Å². The number of nitrogens with one attached hydrogen (secondary N) is 1. The van der Waals surface area contributed by atoms with Crippen LogP contribution in [0.4, 0.5) is 17.1 Å². The number of nitrogens with zero attached hydrogens (tertiary/aromatic N) is 2. The van der Waals surface area contributed by atoms with Gasteiger partial charge in [0.05, 0.1) is 23.8 Å². The number of aliphatic hydroxyl groups excluding tert-OH is 2. The summed E-state index contributed by atoms with van der Waals surface area (Å²) >= 11 is 0. The molecule has 0 fully saturated rings. The lowest BCUT2D eigenvalue weighted by Crippen LogP contribution is -2.32. The zero-order valence-electron chi connectivity index (χ0n) is 11.2. The second-order valence-electron chi connectivity index (χ2n) is 4.69. The molecule has 1 aromatic rings. The molecule has 1 heterocycles. The van der Waals surface area contributed by atoms with E-state index in [1.165, 1.54) is 6.07 Å². The molecule has 7 heteroatoms. The lowest BCUT2D eigenvalue weighted by molar-refractivity contribution is -0.384. The quantitative estimate of drug-likeness (QED) is 0.525. The Morgan fingerprint density at radius 3 is 2.60 bits per heavy atom. The highest BCUT2D eigenvalue weighted by Gasteiger charge is 2.26. The minimum absolute atomic E-state index is 0.0000463. The highest BCUT2D eigenvalue weighted by atomic mass is 16.6. The SMILES string of the molecule is O=[N+]([O-])c1ccc2c(c1N(CCO)CCO)NCCC2. The summed E-state index contributed by atoms with van der Waals surface area (Å²) in [5.41, 5.74) is 2.26. The Labute approximate surface area is 117 Å². The molecule has 0 atom stereocenters. The van der Waals surface area contributed by atoms with Gasteiger partial charge >= 0.3 is 0 Å². The molecule has 0 amide bonds. The third-order valence-corrected chi connectivity index (χ3v) is 3.42. The van der Waals surface area contributed by atoms with Gasteiger partial charge in [0.2, 0.25) is 0 Å². The molecule has 0 bridgehead atoms. The van der Waals surface area contributed by atoms with E-state index in [-0.39, 0.29) is 32.0 Å². The number of fused-ring (bicyclic) bond motifs is 1. The van der Waals surface area contributed by atoms with Crippen LogP contribution < -0.4 is 10.2 Å². The number of hydrogen-bond donors (Lipinski definition) is 3. The fourth-order valence-corrected chi connectivity index (χ4v) is 2.56. The van der Waals surface area contributed by atoms with Gasteiger partial charge in [0.1, 0.15) is 5.69 Å². The van der Waals surface area contributed by atoms with Crippen LogP contribution in [0.1, 0.15) is 12.0 Å². The first-order chi connectivity index (χ1) is 9.69. The van der Waals surface area contributed by atoms with Crippen molar-refractivity contribution in [2.24, 2.45) is 0 Å². The van der Waals surface area contributed by atoms with E-state index >= 15 is 0 Å². The average Bonchev–Trinajstić information content (AvgIpc) is 2.45. The second kappa shape index (κ2) is 6.53. The van der Waals surface area contributed by atoms with E-state index in [9.17, 15) is 10.1 Å². The summed E-state index contributed by atoms with van der Waals surface area (Å²) < 4.78 is 0. The highest BCUT2D eigenvalue weighted by Crippen LogP contribution is 2.40. The first-order valence-corrected chi connectivity index (χ1v) is 6.70. The second-order valence-corrected chi connectivity index (χ2v) is 4.69. The maximum atomic E-state index is 11.2. The van der Waals surface area contributed by atoms with Crippen molar-refractivity contribution in [2.75, 3.05) is 43.1 Å². The monoisotopic (exact) mass is 281 g/mol. The molecule has 0 aromatic heterocycles. The van der Waals surface area contributed by atoms with Crippen molar-refractivity contribution in [1.82, 2.24) is 0 Å². The first kappa shape index (κ1) is 14.5. The number of anilines is 2. The van der Waals surface area contributed by atoms with Crippen molar-refractivity contribution in [1.29, 1.82) is 0 Å². The molecule has 0 aliphatic carbocycles. The van der Waals surface area contributed by atoms with E-state index in [1.807, 2.05) is 0 Å². The van der Waals surface area contributed by atoms with Gasteiger partial charge in [-0.2, -0.15) is 0 Å². The smallest absolute Gasteiger partial charge is 0.294 e. The number of nitro groups is 1. The topological polar surface area (TPSA) is 98.9 Å². The number of aliphatic hydroxyl groups is 2. The van der Waals surface area contributed by atoms with Gasteiger partial charge in [0.25, 0.3) is 5.69 Å². The van der Waals surface area contributed by atoms with Crippen molar-refractivity contribution in [2.45, 2.75) is 12.8 Å². The van der Waals surface area contributed by atoms with Crippen LogP contribution in [-0.4, -0.2) is 48.0 Å². The van der Waals surface area contributed by atoms with Crippen LogP contribution >= 0.6 is 0 Å². The van der Waals surface area contributed by atoms with Crippen molar-refractivity contribution >= 4 is 17.1 Å².